The summed E-state index contributed by atoms with van der Waals surface area (Å²) in [6.07, 6.45) is 3.31. The quantitative estimate of drug-likeness (QED) is 0.785. The van der Waals surface area contributed by atoms with Gasteiger partial charge in [-0.2, -0.15) is 14.4 Å². The Morgan fingerprint density at radius 2 is 2.28 bits per heavy atom. The molecule has 0 atom stereocenters. The van der Waals surface area contributed by atoms with E-state index in [4.69, 9.17) is 22.4 Å². The van der Waals surface area contributed by atoms with Crippen molar-refractivity contribution in [3.63, 3.8) is 0 Å². The minimum atomic E-state index is -1.10. The number of aliphatic carboxylic acids is 1. The van der Waals surface area contributed by atoms with Gasteiger partial charge in [-0.1, -0.05) is 17.7 Å². The van der Waals surface area contributed by atoms with Crippen LogP contribution in [0, 0.1) is 6.08 Å². The lowest BCUT2D eigenvalue weighted by molar-refractivity contribution is -0.132. The van der Waals surface area contributed by atoms with E-state index in [1.807, 2.05) is 0 Å². The molecule has 2 rings (SSSR count). The number of anilines is 2. The normalized spacial score (nSPS) is 14.6. The van der Waals surface area contributed by atoms with Gasteiger partial charge in [0.05, 0.1) is 5.57 Å². The first-order chi connectivity index (χ1) is 8.49. The molecule has 8 heteroatoms. The van der Waals surface area contributed by atoms with Gasteiger partial charge >= 0.3 is 12.0 Å². The molecule has 2 heterocycles. The molecule has 0 spiro atoms. The van der Waals surface area contributed by atoms with E-state index in [0.717, 1.165) is 0 Å². The fraction of sp³-hybridized carbons (Fsp3) is 0.100. The van der Waals surface area contributed by atoms with Crippen molar-refractivity contribution in [2.45, 2.75) is 0 Å². The van der Waals surface area contributed by atoms with Crippen LogP contribution in [0.25, 0.3) is 0 Å². The average Bonchev–Trinajstić information content (AvgIpc) is 2.34. The molecule has 0 aromatic carbocycles. The Balaban J connectivity index is 2.44. The molecule has 1 aromatic rings. The number of nitrogens with two attached hydrogens (primary N) is 1. The Morgan fingerprint density at radius 1 is 1.56 bits per heavy atom. The predicted molar refractivity (Wildman–Crippen MR) is 63.6 cm³/mol. The summed E-state index contributed by atoms with van der Waals surface area (Å²) >= 11 is 5.87. The van der Waals surface area contributed by atoms with Gasteiger partial charge in [-0.15, -0.1) is 0 Å². The number of nitrogens with zero attached hydrogens (tertiary/aromatic N) is 3. The van der Waals surface area contributed by atoms with Crippen molar-refractivity contribution in [3.05, 3.63) is 35.0 Å². The third kappa shape index (κ3) is 2.25. The summed E-state index contributed by atoms with van der Waals surface area (Å²) in [7, 11) is 0. The maximum absolute atomic E-state index is 13.1. The zero-order chi connectivity index (χ0) is 13.3. The lowest BCUT2D eigenvalue weighted by Crippen LogP contribution is -2.23. The van der Waals surface area contributed by atoms with Crippen LogP contribution in [-0.2, 0) is 4.79 Å². The highest BCUT2D eigenvalue weighted by atomic mass is 35.5. The lowest BCUT2D eigenvalue weighted by Gasteiger charge is -2.22. The van der Waals surface area contributed by atoms with E-state index < -0.39 is 12.0 Å². The van der Waals surface area contributed by atoms with Gasteiger partial charge in [0.2, 0.25) is 0 Å². The molecular formula is C10H8ClFN4O2. The van der Waals surface area contributed by atoms with Crippen molar-refractivity contribution in [1.82, 2.24) is 9.97 Å². The molecule has 94 valence electrons. The molecule has 18 heavy (non-hydrogen) atoms. The Bertz CT molecular complexity index is 573. The van der Waals surface area contributed by atoms with Gasteiger partial charge in [-0.25, -0.2) is 4.79 Å². The number of carboxylic acids is 1. The van der Waals surface area contributed by atoms with E-state index in [1.165, 1.54) is 17.2 Å². The number of hydrogen-bond donors (Lipinski definition) is 2. The summed E-state index contributed by atoms with van der Waals surface area (Å²) in [4.78, 5) is 19.0. The third-order valence-electron chi connectivity index (χ3n) is 2.25. The van der Waals surface area contributed by atoms with Crippen LogP contribution in [0.3, 0.4) is 0 Å². The standard InChI is InChI=1S/C10H8ClFN4O2/c11-6-7(13)14-10(12)15-8(6)16-3-1-2-5(4-16)9(17)18/h1-2,4H,3H2,(H,17,18)(H2,13,14,15). The zero-order valence-corrected chi connectivity index (χ0v) is 9.73. The molecule has 0 saturated carbocycles. The Kier molecular flexibility index (Phi) is 3.15. The second-order valence-electron chi connectivity index (χ2n) is 3.46. The minimum Gasteiger partial charge on any atom is -0.478 e. The third-order valence-corrected chi connectivity index (χ3v) is 2.61. The summed E-state index contributed by atoms with van der Waals surface area (Å²) in [6.45, 7) is 0.312. The summed E-state index contributed by atoms with van der Waals surface area (Å²) in [6, 6.07) is 0. The Hall–Kier alpha value is -2.15. The van der Waals surface area contributed by atoms with E-state index in [1.54, 1.807) is 6.08 Å². The monoisotopic (exact) mass is 270 g/mol. The first-order valence-electron chi connectivity index (χ1n) is 4.86. The van der Waals surface area contributed by atoms with Crippen molar-refractivity contribution < 1.29 is 14.3 Å². The van der Waals surface area contributed by atoms with E-state index in [2.05, 4.69) is 9.97 Å². The highest BCUT2D eigenvalue weighted by Crippen LogP contribution is 2.29. The van der Waals surface area contributed by atoms with E-state index in [0.29, 0.717) is 6.54 Å². The van der Waals surface area contributed by atoms with Gasteiger partial charge < -0.3 is 15.7 Å². The Labute approximate surface area is 106 Å². The van der Waals surface area contributed by atoms with Gasteiger partial charge in [0.1, 0.15) is 5.02 Å². The molecule has 0 unspecified atom stereocenters. The number of aromatic nitrogens is 2. The molecule has 1 aliphatic rings. The molecule has 1 aliphatic heterocycles. The first-order valence-corrected chi connectivity index (χ1v) is 5.23. The van der Waals surface area contributed by atoms with Crippen LogP contribution >= 0.6 is 11.6 Å². The van der Waals surface area contributed by atoms with E-state index >= 15 is 0 Å². The molecular weight excluding hydrogens is 263 g/mol. The summed E-state index contributed by atoms with van der Waals surface area (Å²) < 4.78 is 13.1. The van der Waals surface area contributed by atoms with Gasteiger partial charge in [0.25, 0.3) is 0 Å². The van der Waals surface area contributed by atoms with Gasteiger partial charge in [0, 0.05) is 12.7 Å². The summed E-state index contributed by atoms with van der Waals surface area (Å²) in [5.41, 5.74) is 5.45. The van der Waals surface area contributed by atoms with Crippen LogP contribution in [0.4, 0.5) is 16.0 Å². The number of carbonyl (C=O) groups is 1. The first kappa shape index (κ1) is 12.3. The topological polar surface area (TPSA) is 92.3 Å². The molecule has 3 N–H and O–H groups in total. The SMILES string of the molecule is Nc1nc(F)nc(N2C=C(C(=O)O)C=CC2)c1Cl. The number of hydrogen-bond acceptors (Lipinski definition) is 5. The highest BCUT2D eigenvalue weighted by Gasteiger charge is 2.18. The second kappa shape index (κ2) is 4.61. The van der Waals surface area contributed by atoms with Crippen LogP contribution in [0.15, 0.2) is 23.9 Å². The Morgan fingerprint density at radius 3 is 2.94 bits per heavy atom. The molecule has 0 saturated heterocycles. The average molecular weight is 271 g/mol. The maximum Gasteiger partial charge on any atom is 0.337 e. The van der Waals surface area contributed by atoms with Crippen LogP contribution in [0.1, 0.15) is 0 Å². The van der Waals surface area contributed by atoms with Crippen LogP contribution in [0.2, 0.25) is 5.02 Å². The van der Waals surface area contributed by atoms with Crippen molar-refractivity contribution in [3.8, 4) is 0 Å². The molecule has 1 aromatic heterocycles. The van der Waals surface area contributed by atoms with Gasteiger partial charge in [0.15, 0.2) is 11.6 Å². The highest BCUT2D eigenvalue weighted by molar-refractivity contribution is 6.35. The van der Waals surface area contributed by atoms with Crippen LogP contribution < -0.4 is 10.6 Å². The van der Waals surface area contributed by atoms with E-state index in [9.17, 15) is 9.18 Å². The fourth-order valence-electron chi connectivity index (χ4n) is 1.45. The lowest BCUT2D eigenvalue weighted by atomic mass is 10.2. The van der Waals surface area contributed by atoms with Crippen molar-refractivity contribution in [1.29, 1.82) is 0 Å². The summed E-state index contributed by atoms with van der Waals surface area (Å²) in [5, 5.41) is 8.85. The van der Waals surface area contributed by atoms with Crippen molar-refractivity contribution in [2.24, 2.45) is 0 Å². The van der Waals surface area contributed by atoms with Gasteiger partial charge in [-0.05, 0) is 6.08 Å². The van der Waals surface area contributed by atoms with Crippen molar-refractivity contribution in [2.75, 3.05) is 17.2 Å². The van der Waals surface area contributed by atoms with Crippen LogP contribution in [0.5, 0.6) is 0 Å². The maximum atomic E-state index is 13.1. The zero-order valence-electron chi connectivity index (χ0n) is 8.97. The van der Waals surface area contributed by atoms with E-state index in [-0.39, 0.29) is 22.2 Å². The van der Waals surface area contributed by atoms with Gasteiger partial charge in [-0.3, -0.25) is 0 Å². The molecule has 6 nitrogen and oxygen atoms in total. The molecule has 0 amide bonds. The second-order valence-corrected chi connectivity index (χ2v) is 3.84. The molecule has 0 fully saturated rings. The number of nitrogen functional groups attached to an aromatic ring is 1. The largest absolute Gasteiger partial charge is 0.478 e. The van der Waals surface area contributed by atoms with Crippen LogP contribution in [-0.4, -0.2) is 27.6 Å². The number of halogens is 2. The molecule has 0 aliphatic carbocycles. The number of carboxylic acid groups (broad SMARTS) is 1. The minimum absolute atomic E-state index is 0.0207. The molecule has 0 bridgehead atoms. The fourth-order valence-corrected chi connectivity index (χ4v) is 1.64. The summed E-state index contributed by atoms with van der Waals surface area (Å²) in [5.74, 6) is -1.27. The smallest absolute Gasteiger partial charge is 0.337 e. The van der Waals surface area contributed by atoms with Crippen molar-refractivity contribution >= 4 is 29.2 Å². The predicted octanol–water partition coefficient (Wildman–Crippen LogP) is 1.20. The number of rotatable bonds is 2. The molecule has 0 radical (unpaired) electrons.